The molecule has 5 rings (SSSR count). The van der Waals surface area contributed by atoms with Gasteiger partial charge in [-0.05, 0) is 61.4 Å². The Morgan fingerprint density at radius 3 is 2.49 bits per heavy atom. The Morgan fingerprint density at radius 2 is 1.76 bits per heavy atom. The number of imide groups is 1. The Balaban J connectivity index is 1.44. The lowest BCUT2D eigenvalue weighted by Crippen LogP contribution is -2.42. The number of para-hydroxylation sites is 1. The summed E-state index contributed by atoms with van der Waals surface area (Å²) < 4.78 is 2.14. The minimum atomic E-state index is -0.421. The van der Waals surface area contributed by atoms with Crippen LogP contribution in [-0.2, 0) is 16.1 Å². The lowest BCUT2D eigenvalue weighted by atomic mass is 10.1. The summed E-state index contributed by atoms with van der Waals surface area (Å²) in [6.45, 7) is 3.67. The van der Waals surface area contributed by atoms with Gasteiger partial charge in [0.05, 0.1) is 4.91 Å². The van der Waals surface area contributed by atoms with Gasteiger partial charge in [-0.3, -0.25) is 19.3 Å². The number of hydrogen-bond donors (Lipinski definition) is 0. The summed E-state index contributed by atoms with van der Waals surface area (Å²) in [5, 5.41) is 1.72. The van der Waals surface area contributed by atoms with Gasteiger partial charge in [0.15, 0.2) is 0 Å². The second kappa shape index (κ2) is 10.9. The van der Waals surface area contributed by atoms with Crippen molar-refractivity contribution in [2.75, 3.05) is 19.6 Å². The number of benzene rings is 2. The maximum atomic E-state index is 13.2. The molecule has 3 heterocycles. The van der Waals surface area contributed by atoms with Crippen LogP contribution < -0.4 is 0 Å². The largest absolute Gasteiger partial charge is 0.341 e. The van der Waals surface area contributed by atoms with Crippen molar-refractivity contribution in [2.45, 2.75) is 39.2 Å². The van der Waals surface area contributed by atoms with E-state index in [9.17, 15) is 14.4 Å². The Bertz CT molecular complexity index is 1420. The summed E-state index contributed by atoms with van der Waals surface area (Å²) in [6.07, 6.45) is 5.89. The molecule has 0 unspecified atom stereocenters. The highest BCUT2D eigenvalue weighted by Crippen LogP contribution is 2.36. The molecule has 2 aliphatic rings. The van der Waals surface area contributed by atoms with Crippen LogP contribution in [0.2, 0.25) is 10.0 Å². The molecular weight excluding hydrogens is 529 g/mol. The molecule has 192 valence electrons. The van der Waals surface area contributed by atoms with E-state index in [2.05, 4.69) is 4.57 Å². The molecule has 1 aromatic heterocycles. The summed E-state index contributed by atoms with van der Waals surface area (Å²) in [5.74, 6) is -0.590. The van der Waals surface area contributed by atoms with E-state index in [1.165, 1.54) is 0 Å². The first-order chi connectivity index (χ1) is 17.8. The van der Waals surface area contributed by atoms with Crippen LogP contribution in [0.15, 0.2) is 47.4 Å². The van der Waals surface area contributed by atoms with Crippen LogP contribution in [0.4, 0.5) is 4.79 Å². The molecule has 2 aromatic carbocycles. The van der Waals surface area contributed by atoms with E-state index >= 15 is 0 Å². The molecule has 0 radical (unpaired) electrons. The van der Waals surface area contributed by atoms with Crippen molar-refractivity contribution in [2.24, 2.45) is 0 Å². The third kappa shape index (κ3) is 5.31. The van der Waals surface area contributed by atoms with Gasteiger partial charge in [0.25, 0.3) is 11.1 Å². The fourth-order valence-electron chi connectivity index (χ4n) is 4.99. The van der Waals surface area contributed by atoms with Crippen LogP contribution in [0, 0.1) is 6.92 Å². The zero-order valence-electron chi connectivity index (χ0n) is 20.5. The van der Waals surface area contributed by atoms with E-state index < -0.39 is 11.1 Å². The topological polar surface area (TPSA) is 62.6 Å². The SMILES string of the molecule is Cc1c(C=C2SC(=O)N(CC(=O)N3CCCCCC3)C2=O)c2ccccc2n1Cc1ccc(Cl)cc1Cl. The van der Waals surface area contributed by atoms with E-state index in [0.29, 0.717) is 34.6 Å². The normalized spacial score (nSPS) is 17.8. The van der Waals surface area contributed by atoms with Gasteiger partial charge < -0.3 is 9.47 Å². The zero-order chi connectivity index (χ0) is 26.1. The van der Waals surface area contributed by atoms with Gasteiger partial charge in [0.1, 0.15) is 6.54 Å². The van der Waals surface area contributed by atoms with E-state index in [4.69, 9.17) is 23.2 Å². The molecule has 0 spiro atoms. The summed E-state index contributed by atoms with van der Waals surface area (Å²) in [5.41, 5.74) is 3.73. The Hall–Kier alpha value is -2.74. The number of halogens is 2. The van der Waals surface area contributed by atoms with Crippen LogP contribution >= 0.6 is 35.0 Å². The number of hydrogen-bond acceptors (Lipinski definition) is 4. The van der Waals surface area contributed by atoms with Crippen molar-refractivity contribution in [1.82, 2.24) is 14.4 Å². The minimum absolute atomic E-state index is 0.168. The van der Waals surface area contributed by atoms with Gasteiger partial charge in [0.2, 0.25) is 5.91 Å². The monoisotopic (exact) mass is 555 g/mol. The second-order valence-corrected chi connectivity index (χ2v) is 11.2. The fraction of sp³-hybridized carbons (Fsp3) is 0.321. The third-order valence-corrected chi connectivity index (χ3v) is 8.52. The van der Waals surface area contributed by atoms with Gasteiger partial charge in [-0.1, -0.05) is 60.3 Å². The third-order valence-electron chi connectivity index (χ3n) is 7.02. The Morgan fingerprint density at radius 1 is 1.03 bits per heavy atom. The lowest BCUT2D eigenvalue weighted by molar-refractivity contribution is -0.135. The molecule has 0 N–H and O–H groups in total. The van der Waals surface area contributed by atoms with Crippen molar-refractivity contribution < 1.29 is 14.4 Å². The molecule has 0 saturated carbocycles. The van der Waals surface area contributed by atoms with Crippen LogP contribution in [-0.4, -0.2) is 51.1 Å². The highest BCUT2D eigenvalue weighted by atomic mass is 35.5. The van der Waals surface area contributed by atoms with Crippen LogP contribution in [0.3, 0.4) is 0 Å². The number of thioether (sulfide) groups is 1. The van der Waals surface area contributed by atoms with Gasteiger partial charge >= 0.3 is 0 Å². The van der Waals surface area contributed by atoms with Gasteiger partial charge in [-0.2, -0.15) is 0 Å². The molecule has 0 aliphatic carbocycles. The van der Waals surface area contributed by atoms with Crippen LogP contribution in [0.1, 0.15) is 42.5 Å². The highest BCUT2D eigenvalue weighted by Gasteiger charge is 2.37. The molecule has 6 nitrogen and oxygen atoms in total. The summed E-state index contributed by atoms with van der Waals surface area (Å²) in [7, 11) is 0. The summed E-state index contributed by atoms with van der Waals surface area (Å²) in [4.78, 5) is 42.0. The molecule has 0 atom stereocenters. The first kappa shape index (κ1) is 25.9. The van der Waals surface area contributed by atoms with Gasteiger partial charge in [-0.15, -0.1) is 0 Å². The van der Waals surface area contributed by atoms with Crippen molar-refractivity contribution >= 4 is 69.0 Å². The molecule has 0 bridgehead atoms. The Kier molecular flexibility index (Phi) is 7.65. The molecular formula is C28H27Cl2N3O3S. The highest BCUT2D eigenvalue weighted by molar-refractivity contribution is 8.18. The van der Waals surface area contributed by atoms with Crippen molar-refractivity contribution in [3.63, 3.8) is 0 Å². The molecule has 9 heteroatoms. The van der Waals surface area contributed by atoms with Crippen molar-refractivity contribution in [3.8, 4) is 0 Å². The predicted molar refractivity (Wildman–Crippen MR) is 150 cm³/mol. The lowest BCUT2D eigenvalue weighted by Gasteiger charge is -2.22. The van der Waals surface area contributed by atoms with Gasteiger partial charge in [-0.25, -0.2) is 0 Å². The number of aromatic nitrogens is 1. The van der Waals surface area contributed by atoms with Gasteiger partial charge in [0, 0.05) is 51.8 Å². The van der Waals surface area contributed by atoms with E-state index in [1.54, 1.807) is 17.0 Å². The quantitative estimate of drug-likeness (QED) is 0.327. The van der Waals surface area contributed by atoms with E-state index in [1.807, 2.05) is 43.3 Å². The number of likely N-dealkylation sites (tertiary alicyclic amines) is 1. The average molecular weight is 557 g/mol. The predicted octanol–water partition coefficient (Wildman–Crippen LogP) is 6.74. The van der Waals surface area contributed by atoms with Crippen molar-refractivity contribution in [1.29, 1.82) is 0 Å². The number of carbonyl (C=O) groups excluding carboxylic acids is 3. The number of rotatable bonds is 5. The minimum Gasteiger partial charge on any atom is -0.341 e. The molecule has 3 aromatic rings. The number of fused-ring (bicyclic) bond motifs is 1. The van der Waals surface area contributed by atoms with Crippen molar-refractivity contribution in [3.05, 3.63) is 74.2 Å². The number of amides is 3. The maximum absolute atomic E-state index is 13.2. The first-order valence-corrected chi connectivity index (χ1v) is 14.0. The molecule has 3 amide bonds. The smallest absolute Gasteiger partial charge is 0.294 e. The standard InChI is InChI=1S/C28H27Cl2N3O3S/c1-18-22(21-8-4-5-9-24(21)32(18)16-19-10-11-20(29)14-23(19)30)15-25-27(35)33(28(36)37-25)17-26(34)31-12-6-2-3-7-13-31/h4-5,8-11,14-15H,2-3,6-7,12-13,16-17H2,1H3. The summed E-state index contributed by atoms with van der Waals surface area (Å²) in [6, 6.07) is 13.4. The number of nitrogens with zero attached hydrogens (tertiary/aromatic N) is 3. The zero-order valence-corrected chi connectivity index (χ0v) is 22.8. The molecule has 2 aliphatic heterocycles. The van der Waals surface area contributed by atoms with E-state index in [-0.39, 0.29) is 12.5 Å². The molecule has 2 saturated heterocycles. The maximum Gasteiger partial charge on any atom is 0.294 e. The molecule has 2 fully saturated rings. The Labute approximate surface area is 230 Å². The van der Waals surface area contributed by atoms with Crippen LogP contribution in [0.5, 0.6) is 0 Å². The summed E-state index contributed by atoms with van der Waals surface area (Å²) >= 11 is 13.4. The van der Waals surface area contributed by atoms with E-state index in [0.717, 1.165) is 70.1 Å². The van der Waals surface area contributed by atoms with Crippen LogP contribution in [0.25, 0.3) is 17.0 Å². The first-order valence-electron chi connectivity index (χ1n) is 12.4. The molecule has 37 heavy (non-hydrogen) atoms. The second-order valence-electron chi connectivity index (χ2n) is 9.40. The number of carbonyl (C=O) groups is 3. The average Bonchev–Trinajstić information content (AvgIpc) is 3.14. The fourth-order valence-corrected chi connectivity index (χ4v) is 6.27.